The molecule has 0 aromatic rings. The second kappa shape index (κ2) is 51.1. The molecule has 0 spiro atoms. The molecule has 70 heavy (non-hydrogen) atoms. The fourth-order valence-corrected chi connectivity index (χ4v) is 8.33. The average Bonchev–Trinajstić information content (AvgIpc) is 3.32. The minimum Gasteiger partial charge on any atom is -0.462 e. The Hall–Kier alpha value is -2.81. The van der Waals surface area contributed by atoms with Crippen LogP contribution in [0.5, 0.6) is 0 Å². The molecule has 0 aliphatic carbocycles. The largest absolute Gasteiger partial charge is 0.472 e. The van der Waals surface area contributed by atoms with Crippen molar-refractivity contribution in [3.05, 3.63) is 85.1 Å². The fourth-order valence-electron chi connectivity index (χ4n) is 7.58. The number of unbranched alkanes of at least 4 members (excludes halogenated alkanes) is 23. The van der Waals surface area contributed by atoms with Crippen LogP contribution in [0.3, 0.4) is 0 Å². The number of likely N-dealkylation sites (N-methyl/N-ethyl adjacent to an activating group) is 1. The molecule has 0 saturated heterocycles. The quantitative estimate of drug-likeness (QED) is 0.0211. The van der Waals surface area contributed by atoms with E-state index in [0.717, 1.165) is 83.5 Å². The molecule has 0 aliphatic rings. The minimum absolute atomic E-state index is 0.0302. The van der Waals surface area contributed by atoms with Gasteiger partial charge < -0.3 is 18.9 Å². The van der Waals surface area contributed by atoms with Crippen molar-refractivity contribution in [1.82, 2.24) is 0 Å². The summed E-state index contributed by atoms with van der Waals surface area (Å²) in [5.41, 5.74) is 0. The molecular weight excluding hydrogens is 894 g/mol. The van der Waals surface area contributed by atoms with Crippen LogP contribution in [0.4, 0.5) is 0 Å². The lowest BCUT2D eigenvalue weighted by Crippen LogP contribution is -2.37. The number of hydrogen-bond donors (Lipinski definition) is 1. The number of allylic oxidation sites excluding steroid dienone is 14. The molecule has 10 heteroatoms. The monoisotopic (exact) mass is 1000 g/mol. The van der Waals surface area contributed by atoms with Crippen LogP contribution in [0.25, 0.3) is 0 Å². The summed E-state index contributed by atoms with van der Waals surface area (Å²) in [5, 5.41) is 0. The van der Waals surface area contributed by atoms with E-state index in [-0.39, 0.29) is 32.0 Å². The Balaban J connectivity index is 4.04. The van der Waals surface area contributed by atoms with Crippen LogP contribution < -0.4 is 0 Å². The molecule has 0 radical (unpaired) electrons. The number of esters is 2. The number of quaternary nitrogens is 1. The topological polar surface area (TPSA) is 108 Å². The third kappa shape index (κ3) is 54.5. The maximum absolute atomic E-state index is 12.8. The highest BCUT2D eigenvalue weighted by molar-refractivity contribution is 7.47. The Morgan fingerprint density at radius 3 is 1.21 bits per heavy atom. The number of carbonyl (C=O) groups excluding carboxylic acids is 2. The summed E-state index contributed by atoms with van der Waals surface area (Å²) in [6, 6.07) is 0. The van der Waals surface area contributed by atoms with Crippen molar-refractivity contribution in [3.8, 4) is 0 Å². The van der Waals surface area contributed by atoms with Gasteiger partial charge in [-0.25, -0.2) is 4.57 Å². The molecule has 0 saturated carbocycles. The van der Waals surface area contributed by atoms with Gasteiger partial charge in [-0.15, -0.1) is 0 Å². The molecule has 9 nitrogen and oxygen atoms in total. The third-order valence-electron chi connectivity index (χ3n) is 11.9. The van der Waals surface area contributed by atoms with Crippen LogP contribution in [0, 0.1) is 0 Å². The SMILES string of the molecule is CC/C=C\C/C=C\C/C=C\C/C=C\C/C=C\C/C=C\C/C=C\CCCCCCCCCCCCCCCC(=O)OC(COC(=O)CCCCCCCCCCCCC)COP(=O)(O)OCC[N+](C)(C)C. The Morgan fingerprint density at radius 2 is 0.814 bits per heavy atom. The van der Waals surface area contributed by atoms with Gasteiger partial charge in [0.2, 0.25) is 0 Å². The summed E-state index contributed by atoms with van der Waals surface area (Å²) in [7, 11) is 1.47. The maximum atomic E-state index is 12.8. The molecule has 0 aliphatic heterocycles. The first kappa shape index (κ1) is 67.2. The molecule has 0 aromatic heterocycles. The molecule has 0 heterocycles. The summed E-state index contributed by atoms with van der Waals surface area (Å²) < 4.78 is 34.4. The van der Waals surface area contributed by atoms with E-state index in [1.807, 2.05) is 21.1 Å². The van der Waals surface area contributed by atoms with Gasteiger partial charge in [0.1, 0.15) is 19.8 Å². The van der Waals surface area contributed by atoms with E-state index in [1.54, 1.807) is 0 Å². The van der Waals surface area contributed by atoms with Gasteiger partial charge in [0, 0.05) is 12.8 Å². The zero-order valence-electron chi connectivity index (χ0n) is 45.7. The molecule has 404 valence electrons. The zero-order chi connectivity index (χ0) is 51.3. The predicted molar refractivity (Wildman–Crippen MR) is 298 cm³/mol. The molecule has 1 N–H and O–H groups in total. The van der Waals surface area contributed by atoms with Gasteiger partial charge in [-0.05, 0) is 70.6 Å². The third-order valence-corrected chi connectivity index (χ3v) is 12.9. The highest BCUT2D eigenvalue weighted by Crippen LogP contribution is 2.43. The van der Waals surface area contributed by atoms with E-state index in [9.17, 15) is 19.0 Å². The van der Waals surface area contributed by atoms with E-state index in [4.69, 9.17) is 18.5 Å². The lowest BCUT2D eigenvalue weighted by Gasteiger charge is -2.24. The molecular formula is C60H107NO8P+. The first-order valence-corrected chi connectivity index (χ1v) is 29.8. The smallest absolute Gasteiger partial charge is 0.462 e. The normalized spacial score (nSPS) is 14.0. The van der Waals surface area contributed by atoms with Crippen LogP contribution in [0.2, 0.25) is 0 Å². The van der Waals surface area contributed by atoms with E-state index >= 15 is 0 Å². The van der Waals surface area contributed by atoms with Crippen molar-refractivity contribution in [3.63, 3.8) is 0 Å². The van der Waals surface area contributed by atoms with Gasteiger partial charge in [0.05, 0.1) is 27.7 Å². The van der Waals surface area contributed by atoms with Gasteiger partial charge in [-0.1, -0.05) is 234 Å². The van der Waals surface area contributed by atoms with Crippen molar-refractivity contribution in [1.29, 1.82) is 0 Å². The molecule has 0 aromatic carbocycles. The Bertz CT molecular complexity index is 1460. The number of phosphoric acid groups is 1. The number of nitrogens with zero attached hydrogens (tertiary/aromatic N) is 1. The lowest BCUT2D eigenvalue weighted by atomic mass is 10.0. The van der Waals surface area contributed by atoms with Gasteiger partial charge >= 0.3 is 19.8 Å². The second-order valence-corrected chi connectivity index (χ2v) is 21.4. The van der Waals surface area contributed by atoms with E-state index < -0.39 is 26.5 Å². The summed E-state index contributed by atoms with van der Waals surface area (Å²) in [5.74, 6) is -0.798. The maximum Gasteiger partial charge on any atom is 0.472 e. The lowest BCUT2D eigenvalue weighted by molar-refractivity contribution is -0.870. The highest BCUT2D eigenvalue weighted by Gasteiger charge is 2.27. The van der Waals surface area contributed by atoms with Crippen LogP contribution in [0.15, 0.2) is 85.1 Å². The summed E-state index contributed by atoms with van der Waals surface area (Å²) in [6.45, 7) is 4.31. The van der Waals surface area contributed by atoms with Gasteiger partial charge in [0.25, 0.3) is 0 Å². The number of phosphoric ester groups is 1. The van der Waals surface area contributed by atoms with E-state index in [2.05, 4.69) is 98.9 Å². The van der Waals surface area contributed by atoms with Crippen molar-refractivity contribution in [2.75, 3.05) is 47.5 Å². The number of rotatable bonds is 51. The molecule has 2 unspecified atom stereocenters. The van der Waals surface area contributed by atoms with Crippen molar-refractivity contribution >= 4 is 19.8 Å². The molecule has 2 atom stereocenters. The van der Waals surface area contributed by atoms with E-state index in [0.29, 0.717) is 17.4 Å². The molecule has 0 fully saturated rings. The van der Waals surface area contributed by atoms with Crippen LogP contribution in [-0.2, 0) is 32.7 Å². The minimum atomic E-state index is -4.38. The van der Waals surface area contributed by atoms with Crippen molar-refractivity contribution < 1.29 is 42.1 Å². The Labute approximate surface area is 431 Å². The van der Waals surface area contributed by atoms with Gasteiger partial charge in [-0.3, -0.25) is 18.6 Å². The summed E-state index contributed by atoms with van der Waals surface area (Å²) >= 11 is 0. The first-order valence-electron chi connectivity index (χ1n) is 28.3. The highest BCUT2D eigenvalue weighted by atomic mass is 31.2. The van der Waals surface area contributed by atoms with Gasteiger partial charge in [0.15, 0.2) is 6.10 Å². The predicted octanol–water partition coefficient (Wildman–Crippen LogP) is 17.5. The Kier molecular flexibility index (Phi) is 49.1. The summed E-state index contributed by atoms with van der Waals surface area (Å²) in [4.78, 5) is 35.5. The van der Waals surface area contributed by atoms with Crippen LogP contribution >= 0.6 is 7.82 Å². The van der Waals surface area contributed by atoms with Crippen LogP contribution in [0.1, 0.15) is 232 Å². The fraction of sp³-hybridized carbons (Fsp3) is 0.733. The number of hydrogen-bond acceptors (Lipinski definition) is 7. The van der Waals surface area contributed by atoms with Crippen molar-refractivity contribution in [2.24, 2.45) is 0 Å². The van der Waals surface area contributed by atoms with Crippen molar-refractivity contribution in [2.45, 2.75) is 238 Å². The summed E-state index contributed by atoms with van der Waals surface area (Å²) in [6.07, 6.45) is 68.0. The first-order chi connectivity index (χ1) is 34.0. The Morgan fingerprint density at radius 1 is 0.457 bits per heavy atom. The second-order valence-electron chi connectivity index (χ2n) is 19.9. The number of ether oxygens (including phenoxy) is 2. The zero-order valence-corrected chi connectivity index (χ0v) is 46.6. The molecule has 0 rings (SSSR count). The van der Waals surface area contributed by atoms with Gasteiger partial charge in [-0.2, -0.15) is 0 Å². The average molecular weight is 1000 g/mol. The van der Waals surface area contributed by atoms with E-state index in [1.165, 1.54) is 116 Å². The molecule has 0 amide bonds. The van der Waals surface area contributed by atoms with Crippen LogP contribution in [-0.4, -0.2) is 74.9 Å². The standard InChI is InChI=1S/C60H106NO8P/c1-6-8-10-12-14-16-18-19-20-21-22-23-24-25-26-27-28-29-30-31-32-33-34-35-36-37-38-39-40-41-43-45-47-49-51-53-60(63)69-58(57-68-70(64,65)67-55-54-61(3,4)5)56-66-59(62)52-50-48-46-44-42-17-15-13-11-9-7-2/h8,10,14,16,19-20,22-23,25-26,28-29,31-32,58H,6-7,9,11-13,15,17-18,21,24,27,30,33-57H2,1-5H3/p+1/b10-8-,16-14-,20-19-,23-22-,26-25-,29-28-,32-31-. The molecule has 0 bridgehead atoms. The number of carbonyl (C=O) groups is 2.